The van der Waals surface area contributed by atoms with Crippen LogP contribution in [0, 0.1) is 13.8 Å². The van der Waals surface area contributed by atoms with E-state index in [-0.39, 0.29) is 16.7 Å². The minimum absolute atomic E-state index is 0.0455. The van der Waals surface area contributed by atoms with Crippen molar-refractivity contribution < 1.29 is 19.4 Å². The second kappa shape index (κ2) is 8.72. The maximum atomic E-state index is 13.3. The van der Waals surface area contributed by atoms with Crippen molar-refractivity contribution in [3.05, 3.63) is 81.4 Å². The third-order valence-corrected chi connectivity index (χ3v) is 7.20. The fraction of sp³-hybridized carbons (Fsp3) is 0.296. The number of anilines is 1. The lowest BCUT2D eigenvalue weighted by Crippen LogP contribution is -2.29. The molecule has 0 aliphatic carbocycles. The van der Waals surface area contributed by atoms with Crippen LogP contribution >= 0.6 is 11.3 Å². The summed E-state index contributed by atoms with van der Waals surface area (Å²) in [6.07, 6.45) is 0. The molecule has 1 fully saturated rings. The molecule has 176 valence electrons. The summed E-state index contributed by atoms with van der Waals surface area (Å²) in [4.78, 5) is 33.5. The quantitative estimate of drug-likeness (QED) is 0.297. The Kier molecular flexibility index (Phi) is 6.08. The summed E-state index contributed by atoms with van der Waals surface area (Å²) >= 11 is 1.36. The molecular formula is C27H28N2O4S. The van der Waals surface area contributed by atoms with Gasteiger partial charge < -0.3 is 9.84 Å². The van der Waals surface area contributed by atoms with Crippen LogP contribution in [0.5, 0.6) is 5.75 Å². The number of nitrogens with zero attached hydrogens (tertiary/aromatic N) is 2. The van der Waals surface area contributed by atoms with Gasteiger partial charge in [-0.3, -0.25) is 14.5 Å². The molecule has 2 aromatic carbocycles. The first-order valence-electron chi connectivity index (χ1n) is 11.0. The Hall–Kier alpha value is -3.45. The number of methoxy groups -OCH3 is 1. The van der Waals surface area contributed by atoms with Crippen LogP contribution in [0.2, 0.25) is 0 Å². The maximum absolute atomic E-state index is 13.3. The van der Waals surface area contributed by atoms with Crippen molar-refractivity contribution in [2.45, 2.75) is 46.1 Å². The Balaban J connectivity index is 1.91. The molecule has 0 radical (unpaired) electrons. The molecule has 0 bridgehead atoms. The van der Waals surface area contributed by atoms with Gasteiger partial charge in [0.1, 0.15) is 11.5 Å². The van der Waals surface area contributed by atoms with Gasteiger partial charge in [-0.2, -0.15) is 0 Å². The van der Waals surface area contributed by atoms with Gasteiger partial charge in [0.2, 0.25) is 0 Å². The Morgan fingerprint density at radius 1 is 1.03 bits per heavy atom. The van der Waals surface area contributed by atoms with E-state index in [9.17, 15) is 14.7 Å². The highest BCUT2D eigenvalue weighted by Gasteiger charge is 2.48. The van der Waals surface area contributed by atoms with Crippen molar-refractivity contribution in [3.63, 3.8) is 0 Å². The maximum Gasteiger partial charge on any atom is 0.301 e. The van der Waals surface area contributed by atoms with Crippen LogP contribution in [0.1, 0.15) is 54.1 Å². The van der Waals surface area contributed by atoms with E-state index in [4.69, 9.17) is 4.74 Å². The fourth-order valence-corrected chi connectivity index (χ4v) is 4.91. The molecule has 0 unspecified atom stereocenters. The van der Waals surface area contributed by atoms with E-state index in [1.807, 2.05) is 38.1 Å². The largest absolute Gasteiger partial charge is 0.507 e. The highest BCUT2D eigenvalue weighted by Crippen LogP contribution is 2.44. The first kappa shape index (κ1) is 23.7. The monoisotopic (exact) mass is 476 g/mol. The third-order valence-electron chi connectivity index (χ3n) is 6.12. The summed E-state index contributed by atoms with van der Waals surface area (Å²) in [5, 5.41) is 11.7. The molecule has 1 aliphatic rings. The third kappa shape index (κ3) is 4.12. The smallest absolute Gasteiger partial charge is 0.301 e. The van der Waals surface area contributed by atoms with E-state index in [2.05, 4.69) is 25.8 Å². The Morgan fingerprint density at radius 2 is 1.65 bits per heavy atom. The molecule has 1 amide bonds. The number of hydrogen-bond donors (Lipinski definition) is 1. The van der Waals surface area contributed by atoms with Crippen LogP contribution in [0.3, 0.4) is 0 Å². The fourth-order valence-electron chi connectivity index (χ4n) is 3.97. The van der Waals surface area contributed by atoms with Gasteiger partial charge in [-0.15, -0.1) is 11.3 Å². The van der Waals surface area contributed by atoms with E-state index in [1.165, 1.54) is 16.2 Å². The zero-order valence-corrected chi connectivity index (χ0v) is 21.0. The predicted octanol–water partition coefficient (Wildman–Crippen LogP) is 5.69. The Labute approximate surface area is 203 Å². The van der Waals surface area contributed by atoms with Gasteiger partial charge in [0.15, 0.2) is 5.13 Å². The second-order valence-corrected chi connectivity index (χ2v) is 10.6. The molecule has 1 atom stereocenters. The summed E-state index contributed by atoms with van der Waals surface area (Å²) in [7, 11) is 1.56. The van der Waals surface area contributed by atoms with Gasteiger partial charge >= 0.3 is 5.91 Å². The lowest BCUT2D eigenvalue weighted by molar-refractivity contribution is -0.132. The van der Waals surface area contributed by atoms with Gasteiger partial charge in [-0.25, -0.2) is 4.98 Å². The molecule has 0 spiro atoms. The number of benzene rings is 2. The van der Waals surface area contributed by atoms with E-state index < -0.39 is 17.7 Å². The first-order chi connectivity index (χ1) is 16.0. The number of rotatable bonds is 4. The number of ether oxygens (including phenoxy) is 1. The summed E-state index contributed by atoms with van der Waals surface area (Å²) < 4.78 is 5.20. The van der Waals surface area contributed by atoms with Crippen LogP contribution in [-0.2, 0) is 15.0 Å². The SMILES string of the molecule is COc1ccc(/C(O)=C2\C(=O)C(=O)N(c3nc(C)c(C)s3)[C@@H]2c2ccc(C(C)(C)C)cc2)cc1. The number of hydrogen-bond acceptors (Lipinski definition) is 6. The molecule has 3 aromatic rings. The van der Waals surface area contributed by atoms with Crippen molar-refractivity contribution in [3.8, 4) is 5.75 Å². The van der Waals surface area contributed by atoms with E-state index >= 15 is 0 Å². The van der Waals surface area contributed by atoms with Crippen LogP contribution < -0.4 is 9.64 Å². The number of aryl methyl sites for hydroxylation is 2. The molecule has 7 heteroatoms. The molecule has 1 aliphatic heterocycles. The average molecular weight is 477 g/mol. The van der Waals surface area contributed by atoms with Gasteiger partial charge in [0.05, 0.1) is 24.4 Å². The van der Waals surface area contributed by atoms with Gasteiger partial charge in [-0.1, -0.05) is 45.0 Å². The van der Waals surface area contributed by atoms with E-state index in [0.29, 0.717) is 16.4 Å². The van der Waals surface area contributed by atoms with Crippen molar-refractivity contribution in [1.29, 1.82) is 0 Å². The topological polar surface area (TPSA) is 79.7 Å². The number of aliphatic hydroxyl groups is 1. The number of ketones is 1. The highest BCUT2D eigenvalue weighted by atomic mass is 32.1. The van der Waals surface area contributed by atoms with Crippen molar-refractivity contribution in [2.24, 2.45) is 0 Å². The molecule has 0 saturated carbocycles. The minimum atomic E-state index is -0.791. The van der Waals surface area contributed by atoms with Crippen LogP contribution in [-0.4, -0.2) is 28.9 Å². The zero-order valence-electron chi connectivity index (χ0n) is 20.2. The normalized spacial score (nSPS) is 17.9. The summed E-state index contributed by atoms with van der Waals surface area (Å²) in [6, 6.07) is 13.8. The van der Waals surface area contributed by atoms with Crippen LogP contribution in [0.25, 0.3) is 5.76 Å². The standard InChI is InChI=1S/C27H28N2O4S/c1-15-16(2)34-26(28-15)29-22(17-7-11-19(12-8-17)27(3,4)5)21(24(31)25(29)32)23(30)18-9-13-20(33-6)14-10-18/h7-14,22,30H,1-6H3/b23-21+/t22-/m1/s1. The van der Waals surface area contributed by atoms with E-state index in [0.717, 1.165) is 21.7 Å². The average Bonchev–Trinajstić information content (AvgIpc) is 3.28. The molecule has 1 saturated heterocycles. The molecule has 34 heavy (non-hydrogen) atoms. The summed E-state index contributed by atoms with van der Waals surface area (Å²) in [5.74, 6) is -1.03. The number of aliphatic hydroxyl groups excluding tert-OH is 1. The van der Waals surface area contributed by atoms with Gasteiger partial charge in [-0.05, 0) is 54.7 Å². The molecule has 4 rings (SSSR count). The summed E-state index contributed by atoms with van der Waals surface area (Å²) in [6.45, 7) is 10.2. The van der Waals surface area contributed by atoms with Crippen molar-refractivity contribution in [2.75, 3.05) is 12.0 Å². The number of thiazole rings is 1. The van der Waals surface area contributed by atoms with Crippen LogP contribution in [0.4, 0.5) is 5.13 Å². The van der Waals surface area contributed by atoms with Crippen molar-refractivity contribution in [1.82, 2.24) is 4.98 Å². The van der Waals surface area contributed by atoms with Gasteiger partial charge in [0.25, 0.3) is 5.78 Å². The molecule has 2 heterocycles. The number of amides is 1. The van der Waals surface area contributed by atoms with Crippen molar-refractivity contribution >= 4 is 33.9 Å². The van der Waals surface area contributed by atoms with Gasteiger partial charge in [0, 0.05) is 10.4 Å². The summed E-state index contributed by atoms with van der Waals surface area (Å²) in [5.41, 5.74) is 3.09. The molecule has 1 N–H and O–H groups in total. The highest BCUT2D eigenvalue weighted by molar-refractivity contribution is 7.16. The zero-order chi connectivity index (χ0) is 24.8. The Morgan fingerprint density at radius 3 is 2.15 bits per heavy atom. The Bertz CT molecular complexity index is 1260. The lowest BCUT2D eigenvalue weighted by Gasteiger charge is -2.24. The number of aromatic nitrogens is 1. The second-order valence-electron chi connectivity index (χ2n) is 9.41. The molecule has 6 nitrogen and oxygen atoms in total. The van der Waals surface area contributed by atoms with E-state index in [1.54, 1.807) is 31.4 Å². The molecular weight excluding hydrogens is 448 g/mol. The number of carbonyl (C=O) groups excluding carboxylic acids is 2. The lowest BCUT2D eigenvalue weighted by atomic mass is 9.85. The molecule has 1 aromatic heterocycles. The number of carbonyl (C=O) groups is 2. The first-order valence-corrected chi connectivity index (χ1v) is 11.8. The minimum Gasteiger partial charge on any atom is -0.507 e. The number of Topliss-reactive ketones (excluding diaryl/α,β-unsaturated/α-hetero) is 1. The predicted molar refractivity (Wildman–Crippen MR) is 135 cm³/mol. The van der Waals surface area contributed by atoms with Crippen LogP contribution in [0.15, 0.2) is 54.1 Å².